The Labute approximate surface area is 91.4 Å². The summed E-state index contributed by atoms with van der Waals surface area (Å²) in [6.07, 6.45) is 3.78. The lowest BCUT2D eigenvalue weighted by Crippen LogP contribution is -2.41. The fraction of sp³-hybridized carbons (Fsp3) is 0.800. The number of rotatable bonds is 3. The third kappa shape index (κ3) is 2.24. The molecule has 1 N–H and O–H groups in total. The molecule has 2 unspecified atom stereocenters. The van der Waals surface area contributed by atoms with E-state index in [-0.39, 0.29) is 5.75 Å². The number of sulfonamides is 1. The van der Waals surface area contributed by atoms with Crippen LogP contribution in [0.5, 0.6) is 0 Å². The van der Waals surface area contributed by atoms with Gasteiger partial charge in [0, 0.05) is 19.1 Å². The van der Waals surface area contributed by atoms with Crippen molar-refractivity contribution in [2.24, 2.45) is 5.92 Å². The Balaban J connectivity index is 2.05. The summed E-state index contributed by atoms with van der Waals surface area (Å²) in [5.74, 6) is 0.574. The number of hydrogen-bond acceptors (Lipinski definition) is 3. The maximum absolute atomic E-state index is 11.8. The molecule has 86 valence electrons. The highest BCUT2D eigenvalue weighted by atomic mass is 32.2. The molecule has 0 aromatic heterocycles. The van der Waals surface area contributed by atoms with Crippen molar-refractivity contribution in [1.82, 2.24) is 9.62 Å². The van der Waals surface area contributed by atoms with Gasteiger partial charge in [-0.15, -0.1) is 6.58 Å². The average Bonchev–Trinajstić information content (AvgIpc) is 2.61. The fourth-order valence-electron chi connectivity index (χ4n) is 2.49. The zero-order valence-electron chi connectivity index (χ0n) is 8.85. The summed E-state index contributed by atoms with van der Waals surface area (Å²) >= 11 is 0. The SMILES string of the molecule is C=CCS(=O)(=O)N1CC2CCCNC2C1. The minimum absolute atomic E-state index is 0.0619. The molecule has 2 heterocycles. The third-order valence-electron chi connectivity index (χ3n) is 3.29. The van der Waals surface area contributed by atoms with Crippen LogP contribution in [0.25, 0.3) is 0 Å². The molecule has 0 spiro atoms. The minimum Gasteiger partial charge on any atom is -0.312 e. The normalized spacial score (nSPS) is 32.5. The van der Waals surface area contributed by atoms with E-state index in [2.05, 4.69) is 11.9 Å². The van der Waals surface area contributed by atoms with Gasteiger partial charge in [-0.05, 0) is 25.3 Å². The second kappa shape index (κ2) is 4.23. The van der Waals surface area contributed by atoms with E-state index < -0.39 is 10.0 Å². The van der Waals surface area contributed by atoms with Crippen molar-refractivity contribution >= 4 is 10.0 Å². The van der Waals surface area contributed by atoms with E-state index in [0.717, 1.165) is 19.4 Å². The molecule has 5 heteroatoms. The second-order valence-electron chi connectivity index (χ2n) is 4.35. The van der Waals surface area contributed by atoms with Crippen LogP contribution in [0.4, 0.5) is 0 Å². The van der Waals surface area contributed by atoms with Crippen molar-refractivity contribution in [3.05, 3.63) is 12.7 Å². The first-order valence-electron chi connectivity index (χ1n) is 5.45. The van der Waals surface area contributed by atoms with E-state index in [0.29, 0.717) is 25.0 Å². The van der Waals surface area contributed by atoms with Gasteiger partial charge in [-0.3, -0.25) is 0 Å². The van der Waals surface area contributed by atoms with Crippen LogP contribution in [0.2, 0.25) is 0 Å². The van der Waals surface area contributed by atoms with Crippen LogP contribution in [0.15, 0.2) is 12.7 Å². The highest BCUT2D eigenvalue weighted by Gasteiger charge is 2.38. The van der Waals surface area contributed by atoms with Gasteiger partial charge in [-0.1, -0.05) is 6.08 Å². The molecule has 2 aliphatic rings. The van der Waals surface area contributed by atoms with Crippen molar-refractivity contribution in [2.75, 3.05) is 25.4 Å². The molecule has 2 aliphatic heterocycles. The number of hydrogen-bond donors (Lipinski definition) is 1. The van der Waals surface area contributed by atoms with Gasteiger partial charge in [0.1, 0.15) is 0 Å². The van der Waals surface area contributed by atoms with Crippen molar-refractivity contribution in [2.45, 2.75) is 18.9 Å². The number of piperidine rings is 1. The zero-order valence-corrected chi connectivity index (χ0v) is 9.67. The van der Waals surface area contributed by atoms with Crippen LogP contribution in [-0.4, -0.2) is 44.2 Å². The molecule has 2 fully saturated rings. The van der Waals surface area contributed by atoms with Gasteiger partial charge in [0.15, 0.2) is 0 Å². The molecule has 4 nitrogen and oxygen atoms in total. The Morgan fingerprint density at radius 2 is 2.27 bits per heavy atom. The van der Waals surface area contributed by atoms with Crippen molar-refractivity contribution < 1.29 is 8.42 Å². The Kier molecular flexibility index (Phi) is 3.13. The molecule has 2 atom stereocenters. The average molecular weight is 230 g/mol. The van der Waals surface area contributed by atoms with Gasteiger partial charge in [-0.25, -0.2) is 8.42 Å². The van der Waals surface area contributed by atoms with E-state index in [4.69, 9.17) is 0 Å². The Hall–Kier alpha value is -0.390. The molecule has 0 radical (unpaired) electrons. The lowest BCUT2D eigenvalue weighted by atomic mass is 9.94. The standard InChI is InChI=1S/C10H18N2O2S/c1-2-6-15(13,14)12-7-9-4-3-5-11-10(9)8-12/h2,9-11H,1,3-8H2. The van der Waals surface area contributed by atoms with Gasteiger partial charge in [-0.2, -0.15) is 4.31 Å². The van der Waals surface area contributed by atoms with Crippen LogP contribution >= 0.6 is 0 Å². The topological polar surface area (TPSA) is 49.4 Å². The molecule has 0 aromatic rings. The summed E-state index contributed by atoms with van der Waals surface area (Å²) in [5, 5.41) is 3.39. The van der Waals surface area contributed by atoms with E-state index in [1.54, 1.807) is 4.31 Å². The van der Waals surface area contributed by atoms with Crippen LogP contribution in [0, 0.1) is 5.92 Å². The maximum Gasteiger partial charge on any atom is 0.217 e. The summed E-state index contributed by atoms with van der Waals surface area (Å²) < 4.78 is 25.2. The Morgan fingerprint density at radius 3 is 2.93 bits per heavy atom. The first-order chi connectivity index (χ1) is 7.13. The molecular formula is C10H18N2O2S. The molecule has 15 heavy (non-hydrogen) atoms. The highest BCUT2D eigenvalue weighted by molar-refractivity contribution is 7.89. The van der Waals surface area contributed by atoms with Crippen LogP contribution in [0.3, 0.4) is 0 Å². The lowest BCUT2D eigenvalue weighted by molar-refractivity contribution is 0.339. The maximum atomic E-state index is 11.8. The first kappa shape index (κ1) is 11.1. The number of nitrogens with one attached hydrogen (secondary N) is 1. The largest absolute Gasteiger partial charge is 0.312 e. The van der Waals surface area contributed by atoms with Gasteiger partial charge in [0.25, 0.3) is 0 Å². The molecule has 0 aliphatic carbocycles. The molecule has 2 saturated heterocycles. The monoisotopic (exact) mass is 230 g/mol. The van der Waals surface area contributed by atoms with Gasteiger partial charge >= 0.3 is 0 Å². The van der Waals surface area contributed by atoms with E-state index in [1.165, 1.54) is 6.08 Å². The van der Waals surface area contributed by atoms with Crippen molar-refractivity contribution in [3.8, 4) is 0 Å². The van der Waals surface area contributed by atoms with Gasteiger partial charge in [0.2, 0.25) is 10.0 Å². The van der Waals surface area contributed by atoms with Crippen molar-refractivity contribution in [3.63, 3.8) is 0 Å². The summed E-state index contributed by atoms with van der Waals surface area (Å²) in [6, 6.07) is 0.373. The second-order valence-corrected chi connectivity index (χ2v) is 6.36. The van der Waals surface area contributed by atoms with Gasteiger partial charge in [0.05, 0.1) is 5.75 Å². The van der Waals surface area contributed by atoms with Gasteiger partial charge < -0.3 is 5.32 Å². The minimum atomic E-state index is -3.09. The predicted octanol–water partition coefficient (Wildman–Crippen LogP) is 0.186. The predicted molar refractivity (Wildman–Crippen MR) is 60.1 cm³/mol. The fourth-order valence-corrected chi connectivity index (χ4v) is 3.80. The Bertz CT molecular complexity index is 325. The molecule has 0 aromatic carbocycles. The highest BCUT2D eigenvalue weighted by Crippen LogP contribution is 2.26. The summed E-state index contributed by atoms with van der Waals surface area (Å²) in [4.78, 5) is 0. The van der Waals surface area contributed by atoms with Crippen molar-refractivity contribution in [1.29, 1.82) is 0 Å². The number of fused-ring (bicyclic) bond motifs is 1. The first-order valence-corrected chi connectivity index (χ1v) is 7.06. The molecule has 0 saturated carbocycles. The van der Waals surface area contributed by atoms with E-state index in [1.807, 2.05) is 0 Å². The van der Waals surface area contributed by atoms with E-state index in [9.17, 15) is 8.42 Å². The summed E-state index contributed by atoms with van der Waals surface area (Å²) in [7, 11) is -3.09. The van der Waals surface area contributed by atoms with Crippen LogP contribution in [0.1, 0.15) is 12.8 Å². The molecule has 0 bridgehead atoms. The number of nitrogens with zero attached hydrogens (tertiary/aromatic N) is 1. The molecule has 0 amide bonds. The lowest BCUT2D eigenvalue weighted by Gasteiger charge is -2.24. The Morgan fingerprint density at radius 1 is 1.47 bits per heavy atom. The summed E-state index contributed by atoms with van der Waals surface area (Å²) in [6.45, 7) is 5.84. The molecular weight excluding hydrogens is 212 g/mol. The quantitative estimate of drug-likeness (QED) is 0.704. The van der Waals surface area contributed by atoms with Crippen LogP contribution in [-0.2, 0) is 10.0 Å². The van der Waals surface area contributed by atoms with Crippen LogP contribution < -0.4 is 5.32 Å². The van der Waals surface area contributed by atoms with E-state index >= 15 is 0 Å². The zero-order chi connectivity index (χ0) is 10.9. The summed E-state index contributed by atoms with van der Waals surface area (Å²) in [5.41, 5.74) is 0. The molecule has 2 rings (SSSR count). The smallest absolute Gasteiger partial charge is 0.217 e. The third-order valence-corrected chi connectivity index (χ3v) is 5.03.